The molecule has 0 atom stereocenters. The van der Waals surface area contributed by atoms with E-state index in [-0.39, 0.29) is 5.41 Å². The molecule has 0 radical (unpaired) electrons. The van der Waals surface area contributed by atoms with Gasteiger partial charge in [-0.2, -0.15) is 0 Å². The predicted molar refractivity (Wildman–Crippen MR) is 63.3 cm³/mol. The summed E-state index contributed by atoms with van der Waals surface area (Å²) in [5.74, 6) is 0. The summed E-state index contributed by atoms with van der Waals surface area (Å²) in [5, 5.41) is 3.21. The number of nitrogens with zero attached hydrogens (tertiary/aromatic N) is 1. The molecule has 0 aliphatic heterocycles. The van der Waals surface area contributed by atoms with Gasteiger partial charge in [-0.1, -0.05) is 13.8 Å². The van der Waals surface area contributed by atoms with Crippen molar-refractivity contribution in [2.75, 3.05) is 13.6 Å². The van der Waals surface area contributed by atoms with Gasteiger partial charge in [0.15, 0.2) is 0 Å². The Kier molecular flexibility index (Phi) is 4.08. The third-order valence-electron chi connectivity index (χ3n) is 2.10. The van der Waals surface area contributed by atoms with E-state index in [2.05, 4.69) is 46.1 Å². The molecule has 0 aliphatic carbocycles. The summed E-state index contributed by atoms with van der Waals surface area (Å²) in [6, 6.07) is 2.13. The summed E-state index contributed by atoms with van der Waals surface area (Å²) in [7, 11) is 1.99. The molecule has 0 saturated heterocycles. The normalized spacial score (nSPS) is 11.7. The molecule has 0 saturated carbocycles. The van der Waals surface area contributed by atoms with Gasteiger partial charge in [-0.15, -0.1) is 0 Å². The summed E-state index contributed by atoms with van der Waals surface area (Å²) < 4.78 is 1.05. The second-order valence-corrected chi connectivity index (χ2v) is 5.30. The minimum Gasteiger partial charge on any atom is -0.319 e. The van der Waals surface area contributed by atoms with Gasteiger partial charge in [0, 0.05) is 23.4 Å². The van der Waals surface area contributed by atoms with Crippen LogP contribution in [0.1, 0.15) is 19.4 Å². The van der Waals surface area contributed by atoms with Crippen molar-refractivity contribution in [1.82, 2.24) is 10.3 Å². The van der Waals surface area contributed by atoms with Gasteiger partial charge in [0.2, 0.25) is 0 Å². The Hall–Kier alpha value is -0.410. The van der Waals surface area contributed by atoms with E-state index in [0.717, 1.165) is 17.4 Å². The highest BCUT2D eigenvalue weighted by Gasteiger charge is 2.17. The average Bonchev–Trinajstić information content (AvgIpc) is 2.02. The summed E-state index contributed by atoms with van der Waals surface area (Å²) in [5.41, 5.74) is 1.55. The smallest absolute Gasteiger partial charge is 0.0410 e. The number of nitrogens with one attached hydrogen (secondary N) is 1. The molecule has 14 heavy (non-hydrogen) atoms. The number of pyridine rings is 1. The summed E-state index contributed by atoms with van der Waals surface area (Å²) in [6.07, 6.45) is 4.79. The minimum atomic E-state index is 0.275. The Morgan fingerprint density at radius 1 is 1.43 bits per heavy atom. The van der Waals surface area contributed by atoms with Crippen molar-refractivity contribution in [2.24, 2.45) is 5.41 Å². The molecule has 0 bridgehead atoms. The monoisotopic (exact) mass is 256 g/mol. The minimum absolute atomic E-state index is 0.275. The SMILES string of the molecule is CNCC(C)(C)Cc1cncc(Br)c1. The Morgan fingerprint density at radius 2 is 2.14 bits per heavy atom. The average molecular weight is 257 g/mol. The molecular weight excluding hydrogens is 240 g/mol. The van der Waals surface area contributed by atoms with Crippen LogP contribution in [0.25, 0.3) is 0 Å². The first-order valence-corrected chi connectivity index (χ1v) is 5.57. The molecule has 1 N–H and O–H groups in total. The quantitative estimate of drug-likeness (QED) is 0.896. The van der Waals surface area contributed by atoms with Gasteiger partial charge in [0.25, 0.3) is 0 Å². The molecule has 1 aromatic rings. The zero-order valence-electron chi connectivity index (χ0n) is 8.97. The van der Waals surface area contributed by atoms with Gasteiger partial charge in [-0.3, -0.25) is 4.98 Å². The van der Waals surface area contributed by atoms with E-state index < -0.39 is 0 Å². The lowest BCUT2D eigenvalue weighted by atomic mass is 9.86. The fraction of sp³-hybridized carbons (Fsp3) is 0.545. The van der Waals surface area contributed by atoms with Crippen LogP contribution in [0.5, 0.6) is 0 Å². The van der Waals surface area contributed by atoms with Crippen LogP contribution < -0.4 is 5.32 Å². The highest BCUT2D eigenvalue weighted by Crippen LogP contribution is 2.21. The number of halogens is 1. The lowest BCUT2D eigenvalue weighted by Gasteiger charge is -2.24. The van der Waals surface area contributed by atoms with Crippen molar-refractivity contribution >= 4 is 15.9 Å². The molecule has 0 aromatic carbocycles. The molecule has 0 fully saturated rings. The van der Waals surface area contributed by atoms with Gasteiger partial charge in [-0.25, -0.2) is 0 Å². The van der Waals surface area contributed by atoms with Gasteiger partial charge < -0.3 is 5.32 Å². The van der Waals surface area contributed by atoms with E-state index in [0.29, 0.717) is 0 Å². The third kappa shape index (κ3) is 3.76. The molecule has 1 aromatic heterocycles. The van der Waals surface area contributed by atoms with Gasteiger partial charge in [0.05, 0.1) is 0 Å². The Bertz CT molecular complexity index is 297. The first-order valence-electron chi connectivity index (χ1n) is 4.77. The largest absolute Gasteiger partial charge is 0.319 e. The van der Waals surface area contributed by atoms with E-state index in [4.69, 9.17) is 0 Å². The van der Waals surface area contributed by atoms with Crippen molar-refractivity contribution < 1.29 is 0 Å². The van der Waals surface area contributed by atoms with Crippen LogP contribution in [-0.4, -0.2) is 18.6 Å². The standard InChI is InChI=1S/C11H17BrN2/c1-11(2,8-13-3)5-9-4-10(12)7-14-6-9/h4,6-7,13H,5,8H2,1-3H3. The molecule has 0 spiro atoms. The number of hydrogen-bond acceptors (Lipinski definition) is 2. The van der Waals surface area contributed by atoms with Crippen LogP contribution in [0.2, 0.25) is 0 Å². The Balaban J connectivity index is 2.68. The Morgan fingerprint density at radius 3 is 2.71 bits per heavy atom. The van der Waals surface area contributed by atoms with Gasteiger partial charge >= 0.3 is 0 Å². The summed E-state index contributed by atoms with van der Waals surface area (Å²) >= 11 is 3.43. The molecule has 78 valence electrons. The summed E-state index contributed by atoms with van der Waals surface area (Å²) in [4.78, 5) is 4.16. The lowest BCUT2D eigenvalue weighted by Crippen LogP contribution is -2.28. The van der Waals surface area contributed by atoms with E-state index in [1.54, 1.807) is 0 Å². The van der Waals surface area contributed by atoms with Crippen molar-refractivity contribution in [3.8, 4) is 0 Å². The molecule has 3 heteroatoms. The fourth-order valence-electron chi connectivity index (χ4n) is 1.65. The molecule has 1 heterocycles. The van der Waals surface area contributed by atoms with Crippen molar-refractivity contribution in [3.05, 3.63) is 28.5 Å². The lowest BCUT2D eigenvalue weighted by molar-refractivity contribution is 0.349. The van der Waals surface area contributed by atoms with Crippen molar-refractivity contribution in [2.45, 2.75) is 20.3 Å². The molecule has 0 amide bonds. The van der Waals surface area contributed by atoms with Crippen LogP contribution >= 0.6 is 15.9 Å². The van der Waals surface area contributed by atoms with Crippen LogP contribution in [0.4, 0.5) is 0 Å². The maximum absolute atomic E-state index is 4.16. The highest BCUT2D eigenvalue weighted by atomic mass is 79.9. The fourth-order valence-corrected chi connectivity index (χ4v) is 2.06. The predicted octanol–water partition coefficient (Wildman–Crippen LogP) is 2.63. The van der Waals surface area contributed by atoms with Crippen LogP contribution in [0, 0.1) is 5.41 Å². The molecule has 0 unspecified atom stereocenters. The molecule has 0 aliphatic rings. The zero-order valence-corrected chi connectivity index (χ0v) is 10.6. The zero-order chi connectivity index (χ0) is 10.6. The molecular formula is C11H17BrN2. The number of rotatable bonds is 4. The first kappa shape index (κ1) is 11.7. The van der Waals surface area contributed by atoms with Gasteiger partial charge in [0.1, 0.15) is 0 Å². The first-order chi connectivity index (χ1) is 6.53. The van der Waals surface area contributed by atoms with Crippen molar-refractivity contribution in [1.29, 1.82) is 0 Å². The highest BCUT2D eigenvalue weighted by molar-refractivity contribution is 9.10. The number of aromatic nitrogens is 1. The van der Waals surface area contributed by atoms with Crippen molar-refractivity contribution in [3.63, 3.8) is 0 Å². The summed E-state index contributed by atoms with van der Waals surface area (Å²) in [6.45, 7) is 5.52. The molecule has 2 nitrogen and oxygen atoms in total. The second kappa shape index (κ2) is 4.89. The van der Waals surface area contributed by atoms with Crippen LogP contribution in [0.3, 0.4) is 0 Å². The van der Waals surface area contributed by atoms with E-state index in [1.165, 1.54) is 5.56 Å². The van der Waals surface area contributed by atoms with E-state index in [9.17, 15) is 0 Å². The maximum atomic E-state index is 4.16. The second-order valence-electron chi connectivity index (χ2n) is 4.38. The topological polar surface area (TPSA) is 24.9 Å². The molecule has 1 rings (SSSR count). The van der Waals surface area contributed by atoms with Crippen LogP contribution in [-0.2, 0) is 6.42 Å². The third-order valence-corrected chi connectivity index (χ3v) is 2.53. The Labute approximate surface area is 94.3 Å². The maximum Gasteiger partial charge on any atom is 0.0410 e. The van der Waals surface area contributed by atoms with Gasteiger partial charge in [-0.05, 0) is 46.4 Å². The van der Waals surface area contributed by atoms with E-state index >= 15 is 0 Å². The number of hydrogen-bond donors (Lipinski definition) is 1. The van der Waals surface area contributed by atoms with E-state index in [1.807, 2.05) is 19.4 Å². The van der Waals surface area contributed by atoms with Crippen LogP contribution in [0.15, 0.2) is 22.9 Å².